The van der Waals surface area contributed by atoms with Crippen LogP contribution >= 0.6 is 15.9 Å². The van der Waals surface area contributed by atoms with Crippen LogP contribution in [-0.4, -0.2) is 13.2 Å². The fourth-order valence-corrected chi connectivity index (χ4v) is 3.20. The Bertz CT molecular complexity index is 371. The number of hydrogen-bond acceptors (Lipinski definition) is 1. The topological polar surface area (TPSA) is 9.23 Å². The van der Waals surface area contributed by atoms with Gasteiger partial charge in [0, 0.05) is 17.0 Å². The van der Waals surface area contributed by atoms with Gasteiger partial charge in [-0.3, -0.25) is 0 Å². The predicted molar refractivity (Wildman–Crippen MR) is 66.3 cm³/mol. The van der Waals surface area contributed by atoms with Crippen molar-refractivity contribution in [3.05, 3.63) is 33.8 Å². The molecule has 1 atom stereocenters. The maximum absolute atomic E-state index is 5.59. The Morgan fingerprint density at radius 3 is 2.80 bits per heavy atom. The van der Waals surface area contributed by atoms with Crippen molar-refractivity contribution in [3.8, 4) is 0 Å². The van der Waals surface area contributed by atoms with E-state index in [2.05, 4.69) is 48.0 Å². The van der Waals surface area contributed by atoms with Crippen LogP contribution in [0.1, 0.15) is 31.4 Å². The van der Waals surface area contributed by atoms with E-state index in [1.54, 1.807) is 0 Å². The molecule has 0 saturated heterocycles. The van der Waals surface area contributed by atoms with Crippen LogP contribution in [0.15, 0.2) is 22.7 Å². The van der Waals surface area contributed by atoms with E-state index in [0.717, 1.165) is 12.8 Å². The standard InChI is InChI=1S/C13H17BrO/c1-13(2)10-5-4-6-11(14)9(10)7-8-12(13)15-3/h4-6,12H,7-8H2,1-3H3/t12-/m0/s1. The molecule has 15 heavy (non-hydrogen) atoms. The van der Waals surface area contributed by atoms with Gasteiger partial charge in [0.05, 0.1) is 6.10 Å². The van der Waals surface area contributed by atoms with Crippen molar-refractivity contribution < 1.29 is 4.74 Å². The molecule has 0 heterocycles. The Morgan fingerprint density at radius 1 is 1.40 bits per heavy atom. The van der Waals surface area contributed by atoms with E-state index in [-0.39, 0.29) is 5.41 Å². The third-order valence-electron chi connectivity index (χ3n) is 3.56. The van der Waals surface area contributed by atoms with Crippen LogP contribution in [0.4, 0.5) is 0 Å². The van der Waals surface area contributed by atoms with Gasteiger partial charge < -0.3 is 4.74 Å². The summed E-state index contributed by atoms with van der Waals surface area (Å²) in [6.07, 6.45) is 2.55. The van der Waals surface area contributed by atoms with Crippen molar-refractivity contribution in [2.24, 2.45) is 0 Å². The summed E-state index contributed by atoms with van der Waals surface area (Å²) >= 11 is 3.63. The molecule has 0 saturated carbocycles. The van der Waals surface area contributed by atoms with Gasteiger partial charge in [-0.1, -0.05) is 41.9 Å². The first-order chi connectivity index (χ1) is 7.07. The number of benzene rings is 1. The normalized spacial score (nSPS) is 23.6. The summed E-state index contributed by atoms with van der Waals surface area (Å²) in [5.41, 5.74) is 3.00. The van der Waals surface area contributed by atoms with Crippen LogP contribution in [-0.2, 0) is 16.6 Å². The van der Waals surface area contributed by atoms with Gasteiger partial charge >= 0.3 is 0 Å². The Hall–Kier alpha value is -0.340. The molecule has 2 heteroatoms. The fourth-order valence-electron chi connectivity index (χ4n) is 2.64. The number of methoxy groups -OCH3 is 1. The number of fused-ring (bicyclic) bond motifs is 1. The average Bonchev–Trinajstić information content (AvgIpc) is 2.19. The monoisotopic (exact) mass is 268 g/mol. The molecule has 1 nitrogen and oxygen atoms in total. The highest BCUT2D eigenvalue weighted by molar-refractivity contribution is 9.10. The molecule has 1 aliphatic carbocycles. The van der Waals surface area contributed by atoms with Crippen molar-refractivity contribution in [2.45, 2.75) is 38.2 Å². The maximum Gasteiger partial charge on any atom is 0.0665 e. The molecule has 0 aliphatic heterocycles. The molecular weight excluding hydrogens is 252 g/mol. The Kier molecular flexibility index (Phi) is 2.91. The SMILES string of the molecule is CO[C@H]1CCc2c(Br)cccc2C1(C)C. The lowest BCUT2D eigenvalue weighted by Crippen LogP contribution is -2.39. The first-order valence-corrected chi connectivity index (χ1v) is 6.17. The summed E-state index contributed by atoms with van der Waals surface area (Å²) in [5, 5.41) is 0. The summed E-state index contributed by atoms with van der Waals surface area (Å²) in [7, 11) is 1.81. The van der Waals surface area contributed by atoms with Crippen LogP contribution in [0.25, 0.3) is 0 Å². The van der Waals surface area contributed by atoms with Crippen LogP contribution in [0.3, 0.4) is 0 Å². The smallest absolute Gasteiger partial charge is 0.0665 e. The minimum absolute atomic E-state index is 0.117. The summed E-state index contributed by atoms with van der Waals surface area (Å²) in [6, 6.07) is 6.47. The molecule has 0 fully saturated rings. The molecule has 82 valence electrons. The maximum atomic E-state index is 5.59. The van der Waals surface area contributed by atoms with Gasteiger partial charge in [-0.25, -0.2) is 0 Å². The molecule has 0 N–H and O–H groups in total. The second-order valence-electron chi connectivity index (χ2n) is 4.75. The molecule has 1 aromatic rings. The van der Waals surface area contributed by atoms with Crippen LogP contribution in [0.5, 0.6) is 0 Å². The first kappa shape index (κ1) is 11.2. The predicted octanol–water partition coefficient (Wildman–Crippen LogP) is 3.69. The quantitative estimate of drug-likeness (QED) is 0.755. The van der Waals surface area contributed by atoms with Crippen molar-refractivity contribution in [2.75, 3.05) is 7.11 Å². The van der Waals surface area contributed by atoms with E-state index >= 15 is 0 Å². The van der Waals surface area contributed by atoms with E-state index in [1.807, 2.05) is 7.11 Å². The second kappa shape index (κ2) is 3.91. The zero-order chi connectivity index (χ0) is 11.1. The highest BCUT2D eigenvalue weighted by atomic mass is 79.9. The molecule has 0 unspecified atom stereocenters. The van der Waals surface area contributed by atoms with Gasteiger partial charge in [0.15, 0.2) is 0 Å². The average molecular weight is 269 g/mol. The van der Waals surface area contributed by atoms with Crippen molar-refractivity contribution in [3.63, 3.8) is 0 Å². The number of rotatable bonds is 1. The molecule has 0 radical (unpaired) electrons. The van der Waals surface area contributed by atoms with Gasteiger partial charge in [-0.05, 0) is 30.0 Å². The van der Waals surface area contributed by atoms with Crippen LogP contribution in [0, 0.1) is 0 Å². The van der Waals surface area contributed by atoms with Gasteiger partial charge in [0.2, 0.25) is 0 Å². The Morgan fingerprint density at radius 2 is 2.13 bits per heavy atom. The highest BCUT2D eigenvalue weighted by Gasteiger charge is 2.37. The summed E-state index contributed by atoms with van der Waals surface area (Å²) in [4.78, 5) is 0. The Labute approximate surface area is 100.0 Å². The number of halogens is 1. The van der Waals surface area contributed by atoms with E-state index in [4.69, 9.17) is 4.74 Å². The molecule has 0 bridgehead atoms. The molecule has 1 aliphatic rings. The fraction of sp³-hybridized carbons (Fsp3) is 0.538. The zero-order valence-corrected chi connectivity index (χ0v) is 11.1. The minimum atomic E-state index is 0.117. The zero-order valence-electron chi connectivity index (χ0n) is 9.51. The van der Waals surface area contributed by atoms with E-state index in [9.17, 15) is 0 Å². The third-order valence-corrected chi connectivity index (χ3v) is 4.30. The molecular formula is C13H17BrO. The lowest BCUT2D eigenvalue weighted by Gasteiger charge is -2.39. The molecule has 0 spiro atoms. The largest absolute Gasteiger partial charge is 0.381 e. The lowest BCUT2D eigenvalue weighted by molar-refractivity contribution is 0.0328. The minimum Gasteiger partial charge on any atom is -0.381 e. The number of hydrogen-bond donors (Lipinski definition) is 0. The summed E-state index contributed by atoms with van der Waals surface area (Å²) in [5.74, 6) is 0. The number of ether oxygens (including phenoxy) is 1. The van der Waals surface area contributed by atoms with Crippen molar-refractivity contribution in [1.29, 1.82) is 0 Å². The van der Waals surface area contributed by atoms with Gasteiger partial charge in [0.25, 0.3) is 0 Å². The second-order valence-corrected chi connectivity index (χ2v) is 5.60. The third kappa shape index (κ3) is 1.74. The van der Waals surface area contributed by atoms with E-state index in [0.29, 0.717) is 6.10 Å². The Balaban J connectivity index is 2.52. The van der Waals surface area contributed by atoms with E-state index in [1.165, 1.54) is 15.6 Å². The van der Waals surface area contributed by atoms with Crippen LogP contribution < -0.4 is 0 Å². The molecule has 0 amide bonds. The van der Waals surface area contributed by atoms with Crippen LogP contribution in [0.2, 0.25) is 0 Å². The highest BCUT2D eigenvalue weighted by Crippen LogP contribution is 2.40. The summed E-state index contributed by atoms with van der Waals surface area (Å²) in [6.45, 7) is 4.54. The van der Waals surface area contributed by atoms with Gasteiger partial charge in [-0.15, -0.1) is 0 Å². The molecule has 2 rings (SSSR count). The van der Waals surface area contributed by atoms with Crippen molar-refractivity contribution in [1.82, 2.24) is 0 Å². The first-order valence-electron chi connectivity index (χ1n) is 5.38. The van der Waals surface area contributed by atoms with Gasteiger partial charge in [0.1, 0.15) is 0 Å². The van der Waals surface area contributed by atoms with Gasteiger partial charge in [-0.2, -0.15) is 0 Å². The van der Waals surface area contributed by atoms with E-state index < -0.39 is 0 Å². The molecule has 1 aromatic carbocycles. The molecule has 0 aromatic heterocycles. The van der Waals surface area contributed by atoms with Crippen molar-refractivity contribution >= 4 is 15.9 Å². The lowest BCUT2D eigenvalue weighted by atomic mass is 9.70. The summed E-state index contributed by atoms with van der Waals surface area (Å²) < 4.78 is 6.83.